The molecule has 3 aromatic rings. The fraction of sp³-hybridized carbons (Fsp3) is 0.318. The summed E-state index contributed by atoms with van der Waals surface area (Å²) in [6.45, 7) is 9.00. The van der Waals surface area contributed by atoms with E-state index in [-0.39, 0.29) is 5.91 Å². The Bertz CT molecular complexity index is 983. The fourth-order valence-corrected chi connectivity index (χ4v) is 3.77. The van der Waals surface area contributed by atoms with Crippen molar-refractivity contribution in [3.63, 3.8) is 0 Å². The van der Waals surface area contributed by atoms with Crippen LogP contribution >= 0.6 is 0 Å². The Morgan fingerprint density at radius 1 is 1.07 bits per heavy atom. The molecule has 1 amide bonds. The monoisotopic (exact) mass is 390 g/mol. The Hall–Kier alpha value is -3.35. The van der Waals surface area contributed by atoms with Gasteiger partial charge in [0, 0.05) is 68.1 Å². The van der Waals surface area contributed by atoms with Crippen LogP contribution in [0.15, 0.2) is 42.7 Å². The normalized spacial score (nSPS) is 14.2. The van der Waals surface area contributed by atoms with E-state index in [4.69, 9.17) is 0 Å². The van der Waals surface area contributed by atoms with Crippen LogP contribution in [0.25, 0.3) is 11.3 Å². The minimum absolute atomic E-state index is 0.149. The van der Waals surface area contributed by atoms with E-state index < -0.39 is 0 Å². The lowest BCUT2D eigenvalue weighted by Gasteiger charge is -2.35. The van der Waals surface area contributed by atoms with Gasteiger partial charge in [-0.1, -0.05) is 0 Å². The van der Waals surface area contributed by atoms with Crippen LogP contribution < -0.4 is 10.2 Å². The van der Waals surface area contributed by atoms with Crippen LogP contribution in [0.4, 0.5) is 17.3 Å². The number of rotatable bonds is 4. The lowest BCUT2D eigenvalue weighted by molar-refractivity contribution is -0.129. The van der Waals surface area contributed by atoms with Gasteiger partial charge in [-0.3, -0.25) is 4.79 Å². The van der Waals surface area contributed by atoms with Gasteiger partial charge in [-0.15, -0.1) is 0 Å². The molecule has 1 aliphatic rings. The lowest BCUT2D eigenvalue weighted by atomic mass is 10.1. The number of anilines is 3. The maximum absolute atomic E-state index is 11.5. The summed E-state index contributed by atoms with van der Waals surface area (Å²) < 4.78 is 0. The molecule has 7 nitrogen and oxygen atoms in total. The van der Waals surface area contributed by atoms with E-state index in [1.807, 2.05) is 36.2 Å². The number of hydrogen-bond acceptors (Lipinski definition) is 5. The second kappa shape index (κ2) is 7.95. The Morgan fingerprint density at radius 2 is 1.79 bits per heavy atom. The van der Waals surface area contributed by atoms with Crippen LogP contribution in [0.1, 0.15) is 18.2 Å². The van der Waals surface area contributed by atoms with Crippen molar-refractivity contribution in [1.29, 1.82) is 0 Å². The summed E-state index contributed by atoms with van der Waals surface area (Å²) in [6, 6.07) is 10.2. The fourth-order valence-electron chi connectivity index (χ4n) is 3.77. The molecule has 0 atom stereocenters. The minimum atomic E-state index is 0.149. The quantitative estimate of drug-likeness (QED) is 0.713. The van der Waals surface area contributed by atoms with Gasteiger partial charge in [-0.05, 0) is 49.7 Å². The van der Waals surface area contributed by atoms with Gasteiger partial charge >= 0.3 is 0 Å². The third-order valence-electron chi connectivity index (χ3n) is 5.40. The first kappa shape index (κ1) is 19.0. The molecule has 7 heteroatoms. The molecular weight excluding hydrogens is 364 g/mol. The summed E-state index contributed by atoms with van der Waals surface area (Å²) in [5, 5.41) is 3.29. The molecule has 1 saturated heterocycles. The number of piperazine rings is 1. The zero-order valence-electron chi connectivity index (χ0n) is 17.1. The van der Waals surface area contributed by atoms with Gasteiger partial charge in [-0.25, -0.2) is 9.97 Å². The third-order valence-corrected chi connectivity index (χ3v) is 5.40. The molecule has 0 spiro atoms. The highest BCUT2D eigenvalue weighted by molar-refractivity contribution is 5.73. The third kappa shape index (κ3) is 4.08. The Balaban J connectivity index is 1.45. The van der Waals surface area contributed by atoms with Gasteiger partial charge in [0.05, 0.1) is 5.69 Å². The average molecular weight is 390 g/mol. The first-order chi connectivity index (χ1) is 14.0. The number of benzene rings is 1. The molecule has 0 saturated carbocycles. The van der Waals surface area contributed by atoms with Crippen LogP contribution in [-0.2, 0) is 4.79 Å². The summed E-state index contributed by atoms with van der Waals surface area (Å²) in [6.07, 6.45) is 3.77. The molecule has 0 aliphatic carbocycles. The summed E-state index contributed by atoms with van der Waals surface area (Å²) in [7, 11) is 0. The number of H-pyrrole nitrogens is 1. The molecular formula is C22H26N6O. The highest BCUT2D eigenvalue weighted by atomic mass is 16.2. The van der Waals surface area contributed by atoms with Crippen molar-refractivity contribution < 1.29 is 4.79 Å². The highest BCUT2D eigenvalue weighted by Gasteiger charge is 2.18. The Labute approximate surface area is 170 Å². The summed E-state index contributed by atoms with van der Waals surface area (Å²) in [5.41, 5.74) is 6.39. The maximum atomic E-state index is 11.5. The predicted molar refractivity (Wildman–Crippen MR) is 115 cm³/mol. The number of hydrogen-bond donors (Lipinski definition) is 2. The van der Waals surface area contributed by atoms with Crippen LogP contribution in [0.5, 0.6) is 0 Å². The average Bonchev–Trinajstić information content (AvgIpc) is 3.07. The second-order valence-corrected chi connectivity index (χ2v) is 7.40. The molecule has 3 heterocycles. The van der Waals surface area contributed by atoms with E-state index in [2.05, 4.69) is 44.2 Å². The molecule has 0 radical (unpaired) electrons. The first-order valence-corrected chi connectivity index (χ1v) is 9.87. The zero-order chi connectivity index (χ0) is 20.4. The maximum Gasteiger partial charge on any atom is 0.227 e. The van der Waals surface area contributed by atoms with Gasteiger partial charge in [0.2, 0.25) is 11.9 Å². The molecule has 0 unspecified atom stereocenters. The minimum Gasteiger partial charge on any atom is -0.368 e. The molecule has 2 aromatic heterocycles. The molecule has 1 aliphatic heterocycles. The number of nitrogens with zero attached hydrogens (tertiary/aromatic N) is 4. The van der Waals surface area contributed by atoms with E-state index in [1.54, 1.807) is 13.1 Å². The number of aryl methyl sites for hydroxylation is 2. The smallest absolute Gasteiger partial charge is 0.227 e. The second-order valence-electron chi connectivity index (χ2n) is 7.40. The number of aromatic nitrogens is 3. The van der Waals surface area contributed by atoms with E-state index in [0.29, 0.717) is 5.95 Å². The lowest BCUT2D eigenvalue weighted by Crippen LogP contribution is -2.48. The Morgan fingerprint density at radius 3 is 2.41 bits per heavy atom. The predicted octanol–water partition coefficient (Wildman–Crippen LogP) is 3.50. The van der Waals surface area contributed by atoms with Gasteiger partial charge in [-0.2, -0.15) is 0 Å². The number of nitrogens with one attached hydrogen (secondary N) is 2. The van der Waals surface area contributed by atoms with E-state index in [1.165, 1.54) is 5.56 Å². The molecule has 4 rings (SSSR count). The molecule has 1 aromatic carbocycles. The molecule has 1 fully saturated rings. The Kier molecular flexibility index (Phi) is 5.20. The van der Waals surface area contributed by atoms with Crippen LogP contribution in [0.3, 0.4) is 0 Å². The SMILES string of the molecule is CC(=O)N1CCN(c2ccc(Nc3nccc(-c4c(C)c[nH]c4C)n3)cc2)CC1. The van der Waals surface area contributed by atoms with E-state index >= 15 is 0 Å². The summed E-state index contributed by atoms with van der Waals surface area (Å²) in [4.78, 5) is 28.0. The van der Waals surface area contributed by atoms with Crippen molar-refractivity contribution in [3.05, 3.63) is 54.0 Å². The first-order valence-electron chi connectivity index (χ1n) is 9.87. The van der Waals surface area contributed by atoms with Crippen molar-refractivity contribution in [2.45, 2.75) is 20.8 Å². The standard InChI is InChI=1S/C22H26N6O/c1-15-14-24-16(2)21(15)20-8-9-23-22(26-20)25-18-4-6-19(7-5-18)28-12-10-27(11-13-28)17(3)29/h4-9,14,24H,10-13H2,1-3H3,(H,23,25,26). The van der Waals surface area contributed by atoms with E-state index in [0.717, 1.165) is 54.5 Å². The van der Waals surface area contributed by atoms with Gasteiger partial charge < -0.3 is 20.1 Å². The number of amides is 1. The summed E-state index contributed by atoms with van der Waals surface area (Å²) in [5.74, 6) is 0.724. The van der Waals surface area contributed by atoms with Crippen molar-refractivity contribution in [3.8, 4) is 11.3 Å². The van der Waals surface area contributed by atoms with Gasteiger partial charge in [0.15, 0.2) is 0 Å². The van der Waals surface area contributed by atoms with Gasteiger partial charge in [0.25, 0.3) is 0 Å². The molecule has 2 N–H and O–H groups in total. The van der Waals surface area contributed by atoms with Crippen LogP contribution in [0.2, 0.25) is 0 Å². The molecule has 0 bridgehead atoms. The number of aromatic amines is 1. The van der Waals surface area contributed by atoms with Crippen molar-refractivity contribution >= 4 is 23.2 Å². The van der Waals surface area contributed by atoms with Crippen molar-refractivity contribution in [2.24, 2.45) is 0 Å². The van der Waals surface area contributed by atoms with Crippen LogP contribution in [0, 0.1) is 13.8 Å². The van der Waals surface area contributed by atoms with Crippen LogP contribution in [-0.4, -0.2) is 51.9 Å². The molecule has 29 heavy (non-hydrogen) atoms. The molecule has 150 valence electrons. The van der Waals surface area contributed by atoms with E-state index in [9.17, 15) is 4.79 Å². The zero-order valence-corrected chi connectivity index (χ0v) is 17.1. The van der Waals surface area contributed by atoms with Crippen molar-refractivity contribution in [2.75, 3.05) is 36.4 Å². The number of carbonyl (C=O) groups excluding carboxylic acids is 1. The van der Waals surface area contributed by atoms with Gasteiger partial charge in [0.1, 0.15) is 0 Å². The van der Waals surface area contributed by atoms with Crippen molar-refractivity contribution in [1.82, 2.24) is 19.9 Å². The summed E-state index contributed by atoms with van der Waals surface area (Å²) >= 11 is 0. The highest BCUT2D eigenvalue weighted by Crippen LogP contribution is 2.26. The number of carbonyl (C=O) groups is 1. The topological polar surface area (TPSA) is 77.2 Å². The largest absolute Gasteiger partial charge is 0.368 e.